The first-order valence-electron chi connectivity index (χ1n) is 26.1. The number of rotatable bonds is 26. The number of amides is 8. The molecule has 0 aromatic carbocycles. The van der Waals surface area contributed by atoms with Crippen molar-refractivity contribution in [2.24, 2.45) is 11.5 Å². The standard InChI is InChI=1S/C48H82ClN11O19/c1-4-6-7-8-9-10-11-12-13-15-27(63)22-33(65)54-31-25-79-46(76)36(32(64)23-49)58-44(73)37(38(67)45(74)75)59-39(68)28(5-2)55-43(72)35(26(3)62)57-41(70)29(16-14-19-50)56-40(69)30(17-21-61)53-34(66)24-52-48(18-20-51,47(77)78)60-42(31)71/h5,26-27,29-32,35-38,52,61-64,67H,4,6-25,50-51H2,1-3H3,(H,53,66)(H,54,65)(H,55,72)(H,56,69)(H,57,70)(H,58,73)(H,59,68)(H,60,71)(H,74,75)(H,77,78)/b28-5-/t26-,27+,29-,30+,31-,32+,35-,36-,37-,38-,48+/m0/s1. The summed E-state index contributed by atoms with van der Waals surface area (Å²) in [6, 6.07) is -12.2. The molecule has 1 rings (SSSR count). The Bertz CT molecular complexity index is 2070. The lowest BCUT2D eigenvalue weighted by Crippen LogP contribution is -2.69. The van der Waals surface area contributed by atoms with E-state index in [9.17, 15) is 88.5 Å². The minimum absolute atomic E-state index is 0.0323. The number of unbranched alkanes of at least 4 members (excludes halogenated alkanes) is 8. The van der Waals surface area contributed by atoms with E-state index in [2.05, 4.69) is 44.1 Å². The van der Waals surface area contributed by atoms with Crippen LogP contribution in [0.3, 0.4) is 0 Å². The van der Waals surface area contributed by atoms with Gasteiger partial charge in [-0.15, -0.1) is 11.6 Å². The number of halogens is 1. The van der Waals surface area contributed by atoms with E-state index in [0.717, 1.165) is 64.4 Å². The number of nitrogens with two attached hydrogens (primary N) is 2. The molecule has 450 valence electrons. The molecule has 1 aliphatic heterocycles. The van der Waals surface area contributed by atoms with Crippen LogP contribution in [0.1, 0.15) is 117 Å². The van der Waals surface area contributed by atoms with Crippen molar-refractivity contribution in [1.82, 2.24) is 47.9 Å². The molecular weight excluding hydrogens is 1070 g/mol. The van der Waals surface area contributed by atoms with Crippen LogP contribution in [0.2, 0.25) is 0 Å². The number of nitrogens with one attached hydrogen (secondary N) is 9. The molecule has 0 saturated carbocycles. The normalized spacial score (nSPS) is 25.1. The number of esters is 1. The van der Waals surface area contributed by atoms with Gasteiger partial charge >= 0.3 is 17.9 Å². The number of aliphatic hydroxyl groups excluding tert-OH is 5. The number of carbonyl (C=O) groups excluding carboxylic acids is 9. The van der Waals surface area contributed by atoms with Crippen molar-refractivity contribution in [2.75, 3.05) is 38.7 Å². The first-order valence-corrected chi connectivity index (χ1v) is 26.7. The third kappa shape index (κ3) is 25.3. The molecule has 0 aliphatic carbocycles. The molecule has 8 amide bonds. The van der Waals surface area contributed by atoms with Gasteiger partial charge in [0.05, 0.1) is 37.2 Å². The van der Waals surface area contributed by atoms with Crippen LogP contribution in [0.15, 0.2) is 11.8 Å². The fraction of sp³-hybridized carbons (Fsp3) is 0.729. The number of ether oxygens (including phenoxy) is 1. The number of aliphatic carboxylic acids is 2. The molecule has 0 spiro atoms. The van der Waals surface area contributed by atoms with Crippen LogP contribution in [0.5, 0.6) is 0 Å². The fourth-order valence-corrected chi connectivity index (χ4v) is 7.98. The zero-order chi connectivity index (χ0) is 59.8. The molecule has 1 heterocycles. The van der Waals surface area contributed by atoms with Crippen molar-refractivity contribution < 1.29 is 93.2 Å². The number of aliphatic hydroxyl groups is 5. The number of allylic oxidation sites excluding steroid dienone is 1. The molecule has 1 fully saturated rings. The second-order valence-electron chi connectivity index (χ2n) is 18.8. The molecule has 1 aliphatic rings. The maximum atomic E-state index is 14.2. The maximum absolute atomic E-state index is 14.2. The van der Waals surface area contributed by atoms with Crippen LogP contribution in [0, 0.1) is 0 Å². The Kier molecular flexibility index (Phi) is 33.8. The zero-order valence-electron chi connectivity index (χ0n) is 44.8. The molecule has 31 heteroatoms. The van der Waals surface area contributed by atoms with Gasteiger partial charge in [-0.1, -0.05) is 70.8 Å². The van der Waals surface area contributed by atoms with Crippen LogP contribution < -0.4 is 59.3 Å². The lowest BCUT2D eigenvalue weighted by molar-refractivity contribution is -0.156. The van der Waals surface area contributed by atoms with Gasteiger partial charge in [0, 0.05) is 13.0 Å². The van der Waals surface area contributed by atoms with Crippen molar-refractivity contribution >= 4 is 76.8 Å². The van der Waals surface area contributed by atoms with E-state index in [4.69, 9.17) is 27.8 Å². The summed E-state index contributed by atoms with van der Waals surface area (Å²) in [6.07, 6.45) is -0.161. The Morgan fingerprint density at radius 1 is 0.759 bits per heavy atom. The molecule has 0 aromatic rings. The Morgan fingerprint density at radius 2 is 1.35 bits per heavy atom. The smallest absolute Gasteiger partial charge is 0.344 e. The number of carbonyl (C=O) groups is 11. The Hall–Kier alpha value is -6.12. The highest BCUT2D eigenvalue weighted by Crippen LogP contribution is 2.14. The van der Waals surface area contributed by atoms with Gasteiger partial charge in [-0.3, -0.25) is 43.7 Å². The van der Waals surface area contributed by atoms with Crippen molar-refractivity contribution in [1.29, 1.82) is 0 Å². The summed E-state index contributed by atoms with van der Waals surface area (Å²) < 4.78 is 5.24. The van der Waals surface area contributed by atoms with E-state index in [1.807, 2.05) is 10.6 Å². The van der Waals surface area contributed by atoms with Gasteiger partial charge in [-0.2, -0.15) is 0 Å². The zero-order valence-corrected chi connectivity index (χ0v) is 45.5. The van der Waals surface area contributed by atoms with Crippen molar-refractivity contribution in [3.8, 4) is 0 Å². The molecule has 1 saturated heterocycles. The third-order valence-electron chi connectivity index (χ3n) is 12.4. The summed E-state index contributed by atoms with van der Waals surface area (Å²) >= 11 is 5.83. The minimum atomic E-state index is -2.83. The van der Waals surface area contributed by atoms with E-state index in [-0.39, 0.29) is 25.8 Å². The SMILES string of the molecule is C/C=C1\NC(=O)[C@H]([C@H](C)O)NC(=O)[C@H](CCCN)NC(=O)[C@@H](CCO)NC(=O)CN[C@@](CCN)(C(=O)O)NC(=O)[C@@H](NC(=O)C[C@H](O)CCCCCCCCCCC)COC(=O)[C@H]([C@H](O)CCl)NC(=O)[C@H]([C@H](O)C(=O)O)NC1=O. The van der Waals surface area contributed by atoms with E-state index >= 15 is 0 Å². The summed E-state index contributed by atoms with van der Waals surface area (Å²) in [5, 5.41) is 92.3. The summed E-state index contributed by atoms with van der Waals surface area (Å²) in [5.41, 5.74) is 7.93. The van der Waals surface area contributed by atoms with Crippen LogP contribution in [-0.4, -0.2) is 206 Å². The largest absolute Gasteiger partial charge is 0.479 e. The van der Waals surface area contributed by atoms with E-state index in [1.165, 1.54) is 6.92 Å². The highest BCUT2D eigenvalue weighted by atomic mass is 35.5. The molecule has 0 radical (unpaired) electrons. The first kappa shape index (κ1) is 70.9. The van der Waals surface area contributed by atoms with Crippen molar-refractivity contribution in [2.45, 2.75) is 183 Å². The number of carboxylic acids is 2. The summed E-state index contributed by atoms with van der Waals surface area (Å²) in [4.78, 5) is 148. The summed E-state index contributed by atoms with van der Waals surface area (Å²) in [6.45, 7) is 0.785. The van der Waals surface area contributed by atoms with Gasteiger partial charge in [-0.25, -0.2) is 14.4 Å². The lowest BCUT2D eigenvalue weighted by Gasteiger charge is -2.33. The molecule has 79 heavy (non-hydrogen) atoms. The van der Waals surface area contributed by atoms with E-state index in [1.54, 1.807) is 0 Å². The summed E-state index contributed by atoms with van der Waals surface area (Å²) in [5.74, 6) is -16.9. The monoisotopic (exact) mass is 1150 g/mol. The predicted molar refractivity (Wildman–Crippen MR) is 279 cm³/mol. The molecule has 0 aromatic heterocycles. The van der Waals surface area contributed by atoms with Crippen LogP contribution in [-0.2, 0) is 57.5 Å². The molecule has 0 unspecified atom stereocenters. The number of hydrogen-bond donors (Lipinski definition) is 18. The minimum Gasteiger partial charge on any atom is -0.479 e. The highest BCUT2D eigenvalue weighted by molar-refractivity contribution is 6.18. The molecule has 0 bridgehead atoms. The van der Waals surface area contributed by atoms with Crippen LogP contribution in [0.4, 0.5) is 0 Å². The maximum Gasteiger partial charge on any atom is 0.344 e. The van der Waals surface area contributed by atoms with Gasteiger partial charge in [0.2, 0.25) is 41.4 Å². The molecule has 20 N–H and O–H groups in total. The molecule has 11 atom stereocenters. The second kappa shape index (κ2) is 37.7. The van der Waals surface area contributed by atoms with Crippen molar-refractivity contribution in [3.63, 3.8) is 0 Å². The topological polar surface area (TPSA) is 499 Å². The van der Waals surface area contributed by atoms with Crippen molar-refractivity contribution in [3.05, 3.63) is 11.8 Å². The highest BCUT2D eigenvalue weighted by Gasteiger charge is 2.43. The number of carboxylic acid groups (broad SMARTS) is 2. The van der Waals surface area contributed by atoms with Gasteiger partial charge in [0.1, 0.15) is 42.5 Å². The van der Waals surface area contributed by atoms with Gasteiger partial charge in [0.15, 0.2) is 17.8 Å². The van der Waals surface area contributed by atoms with Gasteiger partial charge < -0.3 is 94.5 Å². The van der Waals surface area contributed by atoms with Crippen LogP contribution >= 0.6 is 11.6 Å². The van der Waals surface area contributed by atoms with Gasteiger partial charge in [0.25, 0.3) is 5.91 Å². The number of cyclic esters (lactones) is 1. The summed E-state index contributed by atoms with van der Waals surface area (Å²) in [7, 11) is 0. The number of alkyl halides is 1. The second-order valence-corrected chi connectivity index (χ2v) is 19.1. The fourth-order valence-electron chi connectivity index (χ4n) is 7.80. The van der Waals surface area contributed by atoms with E-state index < -0.39 is 189 Å². The molecule has 30 nitrogen and oxygen atoms in total. The lowest BCUT2D eigenvalue weighted by atomic mass is 10.0. The Balaban J connectivity index is 3.94. The Morgan fingerprint density at radius 3 is 1.90 bits per heavy atom. The Labute approximate surface area is 462 Å². The predicted octanol–water partition coefficient (Wildman–Crippen LogP) is -5.47. The molecular formula is C48H82ClN11O19. The number of hydrogen-bond acceptors (Lipinski definition) is 20. The average molecular weight is 1150 g/mol. The first-order chi connectivity index (χ1) is 37.4. The quantitative estimate of drug-likeness (QED) is 0.0166. The van der Waals surface area contributed by atoms with Gasteiger partial charge in [-0.05, 0) is 52.6 Å². The average Bonchev–Trinajstić information content (AvgIpc) is 3.40. The van der Waals surface area contributed by atoms with E-state index in [0.29, 0.717) is 6.42 Å². The van der Waals surface area contributed by atoms with Crippen LogP contribution in [0.25, 0.3) is 0 Å². The third-order valence-corrected chi connectivity index (χ3v) is 12.7.